The SMILES string of the molecule is Nc1c(Nc2cccnc2)ncnc1Nc1cc(F)ccc1F. The third kappa shape index (κ3) is 3.31. The molecule has 0 saturated heterocycles. The van der Waals surface area contributed by atoms with Crippen molar-refractivity contribution in [3.63, 3.8) is 0 Å². The number of nitrogens with zero attached hydrogens (tertiary/aromatic N) is 3. The standard InChI is InChI=1S/C15H12F2N6/c16-9-3-4-11(17)12(6-9)23-15-13(18)14(20-8-21-15)22-10-2-1-5-19-7-10/h1-8H,18H2,(H2,20,21,22,23). The third-order valence-corrected chi connectivity index (χ3v) is 2.99. The van der Waals surface area contributed by atoms with E-state index in [-0.39, 0.29) is 17.2 Å². The van der Waals surface area contributed by atoms with Gasteiger partial charge in [0.2, 0.25) is 0 Å². The zero-order valence-electron chi connectivity index (χ0n) is 11.8. The number of aromatic nitrogens is 3. The lowest BCUT2D eigenvalue weighted by Crippen LogP contribution is -2.06. The molecule has 116 valence electrons. The van der Waals surface area contributed by atoms with Crippen molar-refractivity contribution in [3.05, 3.63) is 60.7 Å². The number of hydrogen-bond acceptors (Lipinski definition) is 6. The van der Waals surface area contributed by atoms with Gasteiger partial charge in [-0.2, -0.15) is 0 Å². The minimum atomic E-state index is -0.619. The molecule has 0 spiro atoms. The number of halogens is 2. The van der Waals surface area contributed by atoms with Gasteiger partial charge in [-0.15, -0.1) is 0 Å². The Morgan fingerprint density at radius 3 is 2.52 bits per heavy atom. The highest BCUT2D eigenvalue weighted by molar-refractivity contribution is 5.80. The summed E-state index contributed by atoms with van der Waals surface area (Å²) in [4.78, 5) is 12.0. The first-order valence-electron chi connectivity index (χ1n) is 6.63. The second kappa shape index (κ2) is 6.22. The monoisotopic (exact) mass is 314 g/mol. The van der Waals surface area contributed by atoms with E-state index in [1.54, 1.807) is 24.5 Å². The van der Waals surface area contributed by atoms with Gasteiger partial charge in [0.15, 0.2) is 11.6 Å². The number of pyridine rings is 1. The van der Waals surface area contributed by atoms with Crippen molar-refractivity contribution in [2.75, 3.05) is 16.4 Å². The fourth-order valence-corrected chi connectivity index (χ4v) is 1.89. The summed E-state index contributed by atoms with van der Waals surface area (Å²) in [6.07, 6.45) is 4.49. The van der Waals surface area contributed by atoms with Crippen molar-refractivity contribution >= 4 is 28.7 Å². The molecular weight excluding hydrogens is 302 g/mol. The zero-order valence-corrected chi connectivity index (χ0v) is 11.8. The van der Waals surface area contributed by atoms with Gasteiger partial charge < -0.3 is 16.4 Å². The number of nitrogens with two attached hydrogens (primary N) is 1. The molecule has 3 rings (SSSR count). The van der Waals surface area contributed by atoms with Gasteiger partial charge in [-0.25, -0.2) is 18.7 Å². The molecule has 0 saturated carbocycles. The molecule has 4 N–H and O–H groups in total. The molecule has 0 amide bonds. The van der Waals surface area contributed by atoms with E-state index < -0.39 is 11.6 Å². The summed E-state index contributed by atoms with van der Waals surface area (Å²) in [7, 11) is 0. The van der Waals surface area contributed by atoms with Gasteiger partial charge in [-0.1, -0.05) is 0 Å². The molecule has 3 aromatic rings. The Kier molecular flexibility index (Phi) is 3.96. The molecule has 0 unspecified atom stereocenters. The van der Waals surface area contributed by atoms with Crippen molar-refractivity contribution in [1.29, 1.82) is 0 Å². The molecule has 0 atom stereocenters. The van der Waals surface area contributed by atoms with E-state index >= 15 is 0 Å². The van der Waals surface area contributed by atoms with Crippen LogP contribution >= 0.6 is 0 Å². The summed E-state index contributed by atoms with van der Waals surface area (Å²) in [5, 5.41) is 5.64. The molecule has 0 radical (unpaired) electrons. The van der Waals surface area contributed by atoms with Gasteiger partial charge in [0.05, 0.1) is 17.6 Å². The second-order valence-electron chi connectivity index (χ2n) is 4.60. The van der Waals surface area contributed by atoms with E-state index in [9.17, 15) is 8.78 Å². The summed E-state index contributed by atoms with van der Waals surface area (Å²) in [6.45, 7) is 0. The Morgan fingerprint density at radius 1 is 1.00 bits per heavy atom. The first-order valence-corrected chi connectivity index (χ1v) is 6.63. The number of anilines is 5. The molecular formula is C15H12F2N6. The fourth-order valence-electron chi connectivity index (χ4n) is 1.89. The number of benzene rings is 1. The summed E-state index contributed by atoms with van der Waals surface area (Å²) in [5.74, 6) is -0.704. The van der Waals surface area contributed by atoms with Crippen LogP contribution in [-0.2, 0) is 0 Å². The third-order valence-electron chi connectivity index (χ3n) is 2.99. The van der Waals surface area contributed by atoms with Crippen LogP contribution in [0, 0.1) is 11.6 Å². The van der Waals surface area contributed by atoms with Crippen LogP contribution in [0.3, 0.4) is 0 Å². The van der Waals surface area contributed by atoms with Gasteiger partial charge in [0.1, 0.15) is 23.6 Å². The molecule has 8 heteroatoms. The van der Waals surface area contributed by atoms with E-state index in [1.165, 1.54) is 6.33 Å². The molecule has 1 aromatic carbocycles. The van der Waals surface area contributed by atoms with Crippen LogP contribution < -0.4 is 16.4 Å². The average molecular weight is 314 g/mol. The van der Waals surface area contributed by atoms with Gasteiger partial charge in [0, 0.05) is 12.3 Å². The van der Waals surface area contributed by atoms with Gasteiger partial charge in [-0.05, 0) is 24.3 Å². The molecule has 0 bridgehead atoms. The smallest absolute Gasteiger partial charge is 0.159 e. The predicted molar refractivity (Wildman–Crippen MR) is 83.6 cm³/mol. The van der Waals surface area contributed by atoms with Crippen molar-refractivity contribution in [3.8, 4) is 0 Å². The summed E-state index contributed by atoms with van der Waals surface area (Å²) >= 11 is 0. The van der Waals surface area contributed by atoms with E-state index in [4.69, 9.17) is 5.73 Å². The minimum absolute atomic E-state index is 0.0669. The van der Waals surface area contributed by atoms with Gasteiger partial charge >= 0.3 is 0 Å². The van der Waals surface area contributed by atoms with Crippen LogP contribution in [0.2, 0.25) is 0 Å². The lowest BCUT2D eigenvalue weighted by Gasteiger charge is -2.12. The van der Waals surface area contributed by atoms with Crippen molar-refractivity contribution in [1.82, 2.24) is 15.0 Å². The molecule has 0 aliphatic rings. The summed E-state index contributed by atoms with van der Waals surface area (Å²) in [5.41, 5.74) is 6.76. The molecule has 0 aliphatic carbocycles. The van der Waals surface area contributed by atoms with Crippen LogP contribution in [0.25, 0.3) is 0 Å². The molecule has 0 fully saturated rings. The Labute approximate surface area is 130 Å². The maximum Gasteiger partial charge on any atom is 0.159 e. The van der Waals surface area contributed by atoms with E-state index in [2.05, 4.69) is 25.6 Å². The predicted octanol–water partition coefficient (Wildman–Crippen LogP) is 3.22. The van der Waals surface area contributed by atoms with E-state index in [0.717, 1.165) is 18.2 Å². The fraction of sp³-hybridized carbons (Fsp3) is 0. The minimum Gasteiger partial charge on any atom is -0.393 e. The van der Waals surface area contributed by atoms with Crippen LogP contribution in [-0.4, -0.2) is 15.0 Å². The van der Waals surface area contributed by atoms with E-state index in [0.29, 0.717) is 11.5 Å². The summed E-state index contributed by atoms with van der Waals surface area (Å²) in [6, 6.07) is 6.60. The highest BCUT2D eigenvalue weighted by Gasteiger charge is 2.11. The van der Waals surface area contributed by atoms with Crippen LogP contribution in [0.15, 0.2) is 49.1 Å². The Bertz CT molecular complexity index is 825. The van der Waals surface area contributed by atoms with Crippen LogP contribution in [0.5, 0.6) is 0 Å². The lowest BCUT2D eigenvalue weighted by atomic mass is 10.3. The van der Waals surface area contributed by atoms with E-state index in [1.807, 2.05) is 0 Å². The molecule has 23 heavy (non-hydrogen) atoms. The maximum atomic E-state index is 13.7. The average Bonchev–Trinajstić information content (AvgIpc) is 2.55. The molecule has 6 nitrogen and oxygen atoms in total. The lowest BCUT2D eigenvalue weighted by molar-refractivity contribution is 0.603. The van der Waals surface area contributed by atoms with Gasteiger partial charge in [0.25, 0.3) is 0 Å². The second-order valence-corrected chi connectivity index (χ2v) is 4.60. The number of rotatable bonds is 4. The first-order chi connectivity index (χ1) is 11.1. The normalized spacial score (nSPS) is 10.3. The first kappa shape index (κ1) is 14.6. The number of hydrogen-bond donors (Lipinski definition) is 3. The highest BCUT2D eigenvalue weighted by atomic mass is 19.1. The van der Waals surface area contributed by atoms with Crippen LogP contribution in [0.4, 0.5) is 37.5 Å². The quantitative estimate of drug-likeness (QED) is 0.685. The Hall–Kier alpha value is -3.29. The summed E-state index contributed by atoms with van der Waals surface area (Å²) < 4.78 is 26.9. The number of nitrogens with one attached hydrogen (secondary N) is 2. The molecule has 0 aliphatic heterocycles. The van der Waals surface area contributed by atoms with Gasteiger partial charge in [-0.3, -0.25) is 4.98 Å². The van der Waals surface area contributed by atoms with Crippen LogP contribution in [0.1, 0.15) is 0 Å². The Balaban J connectivity index is 1.89. The zero-order chi connectivity index (χ0) is 16.2. The topological polar surface area (TPSA) is 88.8 Å². The Morgan fingerprint density at radius 2 is 1.78 bits per heavy atom. The van der Waals surface area contributed by atoms with Crippen molar-refractivity contribution < 1.29 is 8.78 Å². The van der Waals surface area contributed by atoms with Crippen molar-refractivity contribution in [2.24, 2.45) is 0 Å². The number of nitrogen functional groups attached to an aromatic ring is 1. The van der Waals surface area contributed by atoms with Crippen molar-refractivity contribution in [2.45, 2.75) is 0 Å². The molecule has 2 aromatic heterocycles. The maximum absolute atomic E-state index is 13.7. The molecule has 2 heterocycles. The highest BCUT2D eigenvalue weighted by Crippen LogP contribution is 2.28. The largest absolute Gasteiger partial charge is 0.393 e.